The van der Waals surface area contributed by atoms with Crippen molar-refractivity contribution in [2.75, 3.05) is 18.0 Å². The summed E-state index contributed by atoms with van der Waals surface area (Å²) in [6, 6.07) is 4.48. The highest BCUT2D eigenvalue weighted by molar-refractivity contribution is 9.10. The maximum atomic E-state index is 6.02. The van der Waals surface area contributed by atoms with Crippen LogP contribution in [0.5, 0.6) is 0 Å². The second-order valence-corrected chi connectivity index (χ2v) is 5.47. The number of nitrogens with zero attached hydrogens (tertiary/aromatic N) is 2. The Morgan fingerprint density at radius 2 is 2.25 bits per heavy atom. The van der Waals surface area contributed by atoms with Crippen LogP contribution in [-0.4, -0.2) is 24.1 Å². The van der Waals surface area contributed by atoms with Crippen LogP contribution in [0.2, 0.25) is 0 Å². The third-order valence-corrected chi connectivity index (χ3v) is 4.14. The van der Waals surface area contributed by atoms with Gasteiger partial charge in [0.05, 0.1) is 5.69 Å². The summed E-state index contributed by atoms with van der Waals surface area (Å²) in [5.41, 5.74) is 7.06. The number of hydrogen-bond donors (Lipinski definition) is 1. The molecule has 2 heterocycles. The molecule has 1 aliphatic rings. The molecular weight excluding hydrogens is 266 g/mol. The summed E-state index contributed by atoms with van der Waals surface area (Å²) in [6.07, 6.45) is 1.05. The van der Waals surface area contributed by atoms with Gasteiger partial charge in [-0.05, 0) is 47.3 Å². The van der Waals surface area contributed by atoms with Crippen LogP contribution in [0.1, 0.15) is 19.0 Å². The van der Waals surface area contributed by atoms with Crippen LogP contribution in [0.15, 0.2) is 16.6 Å². The van der Waals surface area contributed by atoms with E-state index in [1.165, 1.54) is 0 Å². The van der Waals surface area contributed by atoms with Gasteiger partial charge >= 0.3 is 0 Å². The Morgan fingerprint density at radius 1 is 1.50 bits per heavy atom. The van der Waals surface area contributed by atoms with E-state index in [1.807, 2.05) is 6.92 Å². The molecule has 1 fully saturated rings. The Kier molecular flexibility index (Phi) is 3.50. The van der Waals surface area contributed by atoms with E-state index in [0.717, 1.165) is 35.5 Å². The molecule has 0 aliphatic carbocycles. The summed E-state index contributed by atoms with van der Waals surface area (Å²) < 4.78 is 1.07. The Labute approximate surface area is 105 Å². The lowest BCUT2D eigenvalue weighted by molar-refractivity contribution is 0.381. The normalized spacial score (nSPS) is 25.9. The molecule has 0 spiro atoms. The molecule has 2 rings (SSSR count). The molecule has 3 nitrogen and oxygen atoms in total. The molecule has 0 radical (unpaired) electrons. The summed E-state index contributed by atoms with van der Waals surface area (Å²) in [5.74, 6) is 1.61. The summed E-state index contributed by atoms with van der Waals surface area (Å²) in [4.78, 5) is 6.92. The second kappa shape index (κ2) is 4.72. The molecule has 2 N–H and O–H groups in total. The third kappa shape index (κ3) is 2.38. The van der Waals surface area contributed by atoms with Crippen molar-refractivity contribution in [1.82, 2.24) is 4.98 Å². The molecule has 1 aromatic rings. The molecule has 1 aromatic heterocycles. The molecule has 88 valence electrons. The lowest BCUT2D eigenvalue weighted by Crippen LogP contribution is -2.46. The van der Waals surface area contributed by atoms with Gasteiger partial charge in [-0.25, -0.2) is 4.98 Å². The first-order valence-corrected chi connectivity index (χ1v) is 6.51. The van der Waals surface area contributed by atoms with Crippen molar-refractivity contribution in [2.24, 2.45) is 11.7 Å². The molecule has 2 unspecified atom stereocenters. The van der Waals surface area contributed by atoms with E-state index in [4.69, 9.17) is 5.73 Å². The van der Waals surface area contributed by atoms with Crippen LogP contribution in [0, 0.1) is 12.8 Å². The number of piperidine rings is 1. The van der Waals surface area contributed by atoms with E-state index in [0.29, 0.717) is 12.0 Å². The molecule has 0 bridgehead atoms. The van der Waals surface area contributed by atoms with Crippen molar-refractivity contribution in [1.29, 1.82) is 0 Å². The van der Waals surface area contributed by atoms with Crippen molar-refractivity contribution in [2.45, 2.75) is 26.3 Å². The van der Waals surface area contributed by atoms with Crippen molar-refractivity contribution in [3.05, 3.63) is 22.3 Å². The van der Waals surface area contributed by atoms with E-state index >= 15 is 0 Å². The van der Waals surface area contributed by atoms with E-state index in [2.05, 4.69) is 44.9 Å². The quantitative estimate of drug-likeness (QED) is 0.860. The molecule has 4 heteroatoms. The van der Waals surface area contributed by atoms with Crippen LogP contribution in [0.25, 0.3) is 0 Å². The van der Waals surface area contributed by atoms with E-state index in [-0.39, 0.29) is 0 Å². The van der Waals surface area contributed by atoms with Gasteiger partial charge in [0.25, 0.3) is 0 Å². The van der Waals surface area contributed by atoms with Crippen molar-refractivity contribution in [3.63, 3.8) is 0 Å². The number of aromatic nitrogens is 1. The van der Waals surface area contributed by atoms with E-state index in [1.54, 1.807) is 0 Å². The first kappa shape index (κ1) is 11.9. The number of nitrogens with two attached hydrogens (primary N) is 1. The van der Waals surface area contributed by atoms with Crippen molar-refractivity contribution >= 4 is 21.7 Å². The fourth-order valence-corrected chi connectivity index (χ4v) is 2.30. The Hall–Kier alpha value is -0.610. The number of aryl methyl sites for hydroxylation is 1. The Bertz CT molecular complexity index is 381. The minimum atomic E-state index is 0.341. The smallest absolute Gasteiger partial charge is 0.128 e. The highest BCUT2D eigenvalue weighted by atomic mass is 79.9. The lowest BCUT2D eigenvalue weighted by Gasteiger charge is -2.36. The van der Waals surface area contributed by atoms with Gasteiger partial charge in [0.1, 0.15) is 5.82 Å². The average molecular weight is 284 g/mol. The topological polar surface area (TPSA) is 42.2 Å². The maximum absolute atomic E-state index is 6.02. The Balaban J connectivity index is 2.15. The number of pyridine rings is 1. The SMILES string of the molecule is Cc1nc(N2CCC(N)C(C)C2)ccc1Br. The summed E-state index contributed by atoms with van der Waals surface area (Å²) in [5, 5.41) is 0. The maximum Gasteiger partial charge on any atom is 0.128 e. The lowest BCUT2D eigenvalue weighted by atomic mass is 9.95. The number of rotatable bonds is 1. The van der Waals surface area contributed by atoms with Gasteiger partial charge < -0.3 is 10.6 Å². The molecular formula is C12H18BrN3. The van der Waals surface area contributed by atoms with Crippen LogP contribution >= 0.6 is 15.9 Å². The summed E-state index contributed by atoms with van der Waals surface area (Å²) in [6.45, 7) is 6.25. The predicted octanol–water partition coefficient (Wildman–Crippen LogP) is 2.33. The molecule has 1 saturated heterocycles. The Morgan fingerprint density at radius 3 is 2.88 bits per heavy atom. The zero-order valence-corrected chi connectivity index (χ0v) is 11.4. The van der Waals surface area contributed by atoms with Crippen LogP contribution in [0.4, 0.5) is 5.82 Å². The van der Waals surface area contributed by atoms with Crippen LogP contribution in [0.3, 0.4) is 0 Å². The van der Waals surface area contributed by atoms with Crippen molar-refractivity contribution < 1.29 is 0 Å². The van der Waals surface area contributed by atoms with E-state index < -0.39 is 0 Å². The van der Waals surface area contributed by atoms with Gasteiger partial charge in [-0.3, -0.25) is 0 Å². The summed E-state index contributed by atoms with van der Waals surface area (Å²) >= 11 is 3.47. The number of hydrogen-bond acceptors (Lipinski definition) is 3. The third-order valence-electron chi connectivity index (χ3n) is 3.30. The van der Waals surface area contributed by atoms with Gasteiger partial charge in [-0.2, -0.15) is 0 Å². The largest absolute Gasteiger partial charge is 0.356 e. The van der Waals surface area contributed by atoms with Gasteiger partial charge in [0, 0.05) is 23.6 Å². The van der Waals surface area contributed by atoms with Gasteiger partial charge in [0.15, 0.2) is 0 Å². The summed E-state index contributed by atoms with van der Waals surface area (Å²) in [7, 11) is 0. The van der Waals surface area contributed by atoms with Gasteiger partial charge in [-0.15, -0.1) is 0 Å². The monoisotopic (exact) mass is 283 g/mol. The van der Waals surface area contributed by atoms with Crippen molar-refractivity contribution in [3.8, 4) is 0 Å². The molecule has 1 aliphatic heterocycles. The highest BCUT2D eigenvalue weighted by Gasteiger charge is 2.23. The second-order valence-electron chi connectivity index (χ2n) is 4.61. The number of anilines is 1. The zero-order valence-electron chi connectivity index (χ0n) is 9.78. The highest BCUT2D eigenvalue weighted by Crippen LogP contribution is 2.23. The zero-order chi connectivity index (χ0) is 11.7. The minimum absolute atomic E-state index is 0.341. The average Bonchev–Trinajstić information content (AvgIpc) is 2.26. The molecule has 0 amide bonds. The fourth-order valence-electron chi connectivity index (χ4n) is 2.08. The van der Waals surface area contributed by atoms with Gasteiger partial charge in [-0.1, -0.05) is 6.92 Å². The molecule has 0 aromatic carbocycles. The first-order chi connectivity index (χ1) is 7.58. The van der Waals surface area contributed by atoms with E-state index in [9.17, 15) is 0 Å². The standard InChI is InChI=1S/C12H18BrN3/c1-8-7-16(6-5-11(8)14)12-4-3-10(13)9(2)15-12/h3-4,8,11H,5-7,14H2,1-2H3. The predicted molar refractivity (Wildman–Crippen MR) is 70.6 cm³/mol. The molecule has 2 atom stereocenters. The van der Waals surface area contributed by atoms with Crippen LogP contribution < -0.4 is 10.6 Å². The number of halogens is 1. The molecule has 0 saturated carbocycles. The first-order valence-electron chi connectivity index (χ1n) is 5.71. The fraction of sp³-hybridized carbons (Fsp3) is 0.583. The molecule has 16 heavy (non-hydrogen) atoms. The van der Waals surface area contributed by atoms with Gasteiger partial charge in [0.2, 0.25) is 0 Å². The minimum Gasteiger partial charge on any atom is -0.356 e. The van der Waals surface area contributed by atoms with Crippen LogP contribution in [-0.2, 0) is 0 Å².